The lowest BCUT2D eigenvalue weighted by molar-refractivity contribution is 0.352. The van der Waals surface area contributed by atoms with Crippen LogP contribution >= 0.6 is 11.6 Å². The van der Waals surface area contributed by atoms with Crippen molar-refractivity contribution in [1.82, 2.24) is 4.98 Å². The molecule has 1 unspecified atom stereocenters. The molecule has 2 N–H and O–H groups in total. The molecule has 0 saturated heterocycles. The summed E-state index contributed by atoms with van der Waals surface area (Å²) in [5.41, 5.74) is 9.84. The van der Waals surface area contributed by atoms with Crippen LogP contribution in [0.15, 0.2) is 36.7 Å². The summed E-state index contributed by atoms with van der Waals surface area (Å²) in [6, 6.07) is 8.11. The van der Waals surface area contributed by atoms with E-state index in [1.54, 1.807) is 6.20 Å². The van der Waals surface area contributed by atoms with Gasteiger partial charge in [-0.2, -0.15) is 0 Å². The number of aromatic nitrogens is 1. The van der Waals surface area contributed by atoms with Crippen LogP contribution in [-0.4, -0.2) is 17.6 Å². The molecule has 21 heavy (non-hydrogen) atoms. The Kier molecular flexibility index (Phi) is 4.42. The van der Waals surface area contributed by atoms with Crippen molar-refractivity contribution in [3.63, 3.8) is 0 Å². The van der Waals surface area contributed by atoms with Gasteiger partial charge in [0.1, 0.15) is 5.75 Å². The molecule has 4 heteroatoms. The molecule has 1 aliphatic rings. The van der Waals surface area contributed by atoms with E-state index in [9.17, 15) is 0 Å². The molecule has 0 amide bonds. The molecule has 1 atom stereocenters. The third-order valence-corrected chi connectivity index (χ3v) is 4.05. The monoisotopic (exact) mass is 302 g/mol. The van der Waals surface area contributed by atoms with E-state index in [4.69, 9.17) is 22.1 Å². The molecule has 2 heterocycles. The maximum absolute atomic E-state index is 6.28. The van der Waals surface area contributed by atoms with Gasteiger partial charge in [-0.1, -0.05) is 17.7 Å². The first-order chi connectivity index (χ1) is 10.2. The molecular weight excluding hydrogens is 284 g/mol. The van der Waals surface area contributed by atoms with Gasteiger partial charge in [0.05, 0.1) is 6.61 Å². The Hall–Kier alpha value is -1.58. The smallest absolute Gasteiger partial charge is 0.125 e. The molecule has 0 aliphatic carbocycles. The minimum Gasteiger partial charge on any atom is -0.493 e. The number of rotatable bonds is 5. The molecule has 0 spiro atoms. The van der Waals surface area contributed by atoms with E-state index in [0.717, 1.165) is 48.6 Å². The summed E-state index contributed by atoms with van der Waals surface area (Å²) in [5.74, 6) is 0.997. The summed E-state index contributed by atoms with van der Waals surface area (Å²) < 4.78 is 5.72. The molecule has 1 aromatic carbocycles. The van der Waals surface area contributed by atoms with Gasteiger partial charge in [-0.3, -0.25) is 4.98 Å². The number of halogens is 1. The van der Waals surface area contributed by atoms with Crippen LogP contribution in [0.3, 0.4) is 0 Å². The quantitative estimate of drug-likeness (QED) is 0.923. The fraction of sp³-hybridized carbons (Fsp3) is 0.353. The van der Waals surface area contributed by atoms with Crippen LogP contribution in [0.25, 0.3) is 0 Å². The number of nitrogens with two attached hydrogens (primary N) is 1. The van der Waals surface area contributed by atoms with Crippen molar-refractivity contribution in [3.05, 3.63) is 58.4 Å². The van der Waals surface area contributed by atoms with E-state index in [1.165, 1.54) is 11.1 Å². The zero-order valence-electron chi connectivity index (χ0n) is 11.9. The van der Waals surface area contributed by atoms with Crippen molar-refractivity contribution in [2.24, 2.45) is 5.73 Å². The fourth-order valence-electron chi connectivity index (χ4n) is 2.78. The first-order valence-electron chi connectivity index (χ1n) is 7.31. The van der Waals surface area contributed by atoms with Gasteiger partial charge < -0.3 is 10.5 Å². The average Bonchev–Trinajstić information content (AvgIpc) is 2.94. The van der Waals surface area contributed by atoms with E-state index < -0.39 is 0 Å². The molecule has 1 aliphatic heterocycles. The summed E-state index contributed by atoms with van der Waals surface area (Å²) in [6.45, 7) is 0.744. The first-order valence-corrected chi connectivity index (χ1v) is 7.69. The Morgan fingerprint density at radius 3 is 3.10 bits per heavy atom. The van der Waals surface area contributed by atoms with Crippen LogP contribution in [0, 0.1) is 0 Å². The van der Waals surface area contributed by atoms with Crippen molar-refractivity contribution >= 4 is 11.6 Å². The van der Waals surface area contributed by atoms with Crippen LogP contribution < -0.4 is 10.5 Å². The number of aryl methyl sites for hydroxylation is 1. The van der Waals surface area contributed by atoms with E-state index in [1.807, 2.05) is 24.4 Å². The maximum atomic E-state index is 6.28. The number of fused-ring (bicyclic) bond motifs is 1. The molecule has 110 valence electrons. The van der Waals surface area contributed by atoms with E-state index in [2.05, 4.69) is 11.1 Å². The van der Waals surface area contributed by atoms with Crippen molar-refractivity contribution < 1.29 is 4.74 Å². The number of hydrogen-bond donors (Lipinski definition) is 1. The van der Waals surface area contributed by atoms with Gasteiger partial charge in [0, 0.05) is 29.9 Å². The minimum absolute atomic E-state index is 0.0944. The third-order valence-electron chi connectivity index (χ3n) is 3.83. The lowest BCUT2D eigenvalue weighted by Crippen LogP contribution is -2.23. The number of nitrogens with zero attached hydrogens (tertiary/aromatic N) is 1. The van der Waals surface area contributed by atoms with Crippen LogP contribution in [0.1, 0.15) is 23.1 Å². The molecule has 0 radical (unpaired) electrons. The van der Waals surface area contributed by atoms with Gasteiger partial charge in [-0.25, -0.2) is 0 Å². The minimum atomic E-state index is 0.0944. The highest BCUT2D eigenvalue weighted by Crippen LogP contribution is 2.33. The van der Waals surface area contributed by atoms with Crippen molar-refractivity contribution in [1.29, 1.82) is 0 Å². The second kappa shape index (κ2) is 6.46. The van der Waals surface area contributed by atoms with Crippen LogP contribution in [0.4, 0.5) is 0 Å². The molecule has 2 aromatic rings. The van der Waals surface area contributed by atoms with Gasteiger partial charge >= 0.3 is 0 Å². The first kappa shape index (κ1) is 14.4. The summed E-state index contributed by atoms with van der Waals surface area (Å²) in [4.78, 5) is 4.13. The van der Waals surface area contributed by atoms with E-state index >= 15 is 0 Å². The molecule has 3 nitrogen and oxygen atoms in total. The van der Waals surface area contributed by atoms with Gasteiger partial charge in [0.2, 0.25) is 0 Å². The third kappa shape index (κ3) is 3.55. The Morgan fingerprint density at radius 2 is 2.29 bits per heavy atom. The molecule has 0 bridgehead atoms. The van der Waals surface area contributed by atoms with Crippen molar-refractivity contribution in [2.45, 2.75) is 31.7 Å². The van der Waals surface area contributed by atoms with E-state index in [0.29, 0.717) is 0 Å². The molecule has 0 fully saturated rings. The van der Waals surface area contributed by atoms with Crippen LogP contribution in [0.2, 0.25) is 5.02 Å². The highest BCUT2D eigenvalue weighted by Gasteiger charge is 2.19. The van der Waals surface area contributed by atoms with Gasteiger partial charge in [0.15, 0.2) is 0 Å². The molecular formula is C17H19ClN2O. The highest BCUT2D eigenvalue weighted by molar-refractivity contribution is 6.30. The number of pyridine rings is 1. The summed E-state index contributed by atoms with van der Waals surface area (Å²) in [7, 11) is 0. The number of hydrogen-bond acceptors (Lipinski definition) is 3. The Labute approximate surface area is 130 Å². The SMILES string of the molecule is NC(CCc1cccnc1)Cc1cc(Cl)cc2c1OCC2. The lowest BCUT2D eigenvalue weighted by atomic mass is 9.98. The second-order valence-electron chi connectivity index (χ2n) is 5.52. The summed E-state index contributed by atoms with van der Waals surface area (Å²) in [6.07, 6.45) is 7.28. The lowest BCUT2D eigenvalue weighted by Gasteiger charge is -2.14. The van der Waals surface area contributed by atoms with Gasteiger partial charge in [0.25, 0.3) is 0 Å². The normalized spacial score (nSPS) is 14.6. The van der Waals surface area contributed by atoms with E-state index in [-0.39, 0.29) is 6.04 Å². The Bertz CT molecular complexity index is 616. The Balaban J connectivity index is 1.64. The van der Waals surface area contributed by atoms with Crippen LogP contribution in [0.5, 0.6) is 5.75 Å². The predicted molar refractivity (Wildman–Crippen MR) is 84.9 cm³/mol. The molecule has 0 saturated carbocycles. The largest absolute Gasteiger partial charge is 0.493 e. The summed E-state index contributed by atoms with van der Waals surface area (Å²) >= 11 is 6.18. The van der Waals surface area contributed by atoms with Crippen molar-refractivity contribution in [3.8, 4) is 5.75 Å². The fourth-order valence-corrected chi connectivity index (χ4v) is 3.04. The number of benzene rings is 1. The van der Waals surface area contributed by atoms with Crippen molar-refractivity contribution in [2.75, 3.05) is 6.61 Å². The molecule has 1 aromatic heterocycles. The maximum Gasteiger partial charge on any atom is 0.125 e. The summed E-state index contributed by atoms with van der Waals surface area (Å²) in [5, 5.41) is 0.772. The Morgan fingerprint density at radius 1 is 1.38 bits per heavy atom. The number of ether oxygens (including phenoxy) is 1. The standard InChI is InChI=1S/C17H19ClN2O/c18-15-8-13-5-7-21-17(13)14(9-15)10-16(19)4-3-12-2-1-6-20-11-12/h1-2,6,8-9,11,16H,3-5,7,10,19H2. The van der Waals surface area contributed by atoms with Crippen LogP contribution in [-0.2, 0) is 19.3 Å². The predicted octanol–water partition coefficient (Wildman–Crippen LogP) is 3.17. The zero-order valence-corrected chi connectivity index (χ0v) is 12.6. The molecule has 3 rings (SSSR count). The zero-order chi connectivity index (χ0) is 14.7. The average molecular weight is 303 g/mol. The highest BCUT2D eigenvalue weighted by atomic mass is 35.5. The van der Waals surface area contributed by atoms with Gasteiger partial charge in [-0.05, 0) is 54.2 Å². The second-order valence-corrected chi connectivity index (χ2v) is 5.95. The van der Waals surface area contributed by atoms with Gasteiger partial charge in [-0.15, -0.1) is 0 Å². The topological polar surface area (TPSA) is 48.1 Å².